The number of hydrogen-bond donors (Lipinski definition) is 1. The van der Waals surface area contributed by atoms with Crippen molar-refractivity contribution in [1.29, 1.82) is 0 Å². The van der Waals surface area contributed by atoms with Crippen LogP contribution in [0.1, 0.15) is 5.56 Å². The van der Waals surface area contributed by atoms with E-state index in [0.717, 1.165) is 4.90 Å². The third kappa shape index (κ3) is 3.56. The fraction of sp³-hybridized carbons (Fsp3) is 0.357. The summed E-state index contributed by atoms with van der Waals surface area (Å²) in [6, 6.07) is 5.83. The van der Waals surface area contributed by atoms with Crippen LogP contribution in [0.4, 0.5) is 9.18 Å². The molecule has 7 heteroatoms. The second-order valence-electron chi connectivity index (χ2n) is 4.81. The summed E-state index contributed by atoms with van der Waals surface area (Å²) in [4.78, 5) is 36.9. The van der Waals surface area contributed by atoms with Crippen LogP contribution in [0, 0.1) is 5.82 Å². The number of nitrogens with one attached hydrogen (secondary N) is 1. The Bertz CT molecular complexity index is 576. The van der Waals surface area contributed by atoms with Crippen molar-refractivity contribution in [2.24, 2.45) is 0 Å². The third-order valence-electron chi connectivity index (χ3n) is 3.21. The molecule has 6 nitrogen and oxygen atoms in total. The van der Waals surface area contributed by atoms with E-state index in [2.05, 4.69) is 5.32 Å². The quantitative estimate of drug-likeness (QED) is 0.798. The van der Waals surface area contributed by atoms with E-state index in [0.29, 0.717) is 12.0 Å². The minimum atomic E-state index is -0.482. The van der Waals surface area contributed by atoms with Gasteiger partial charge in [0.05, 0.1) is 0 Å². The highest BCUT2D eigenvalue weighted by atomic mass is 19.1. The van der Waals surface area contributed by atoms with Gasteiger partial charge >= 0.3 is 6.03 Å². The van der Waals surface area contributed by atoms with Crippen LogP contribution in [0.25, 0.3) is 0 Å². The molecule has 0 aliphatic carbocycles. The van der Waals surface area contributed by atoms with Crippen molar-refractivity contribution in [2.75, 3.05) is 26.7 Å². The molecule has 1 aromatic rings. The summed E-state index contributed by atoms with van der Waals surface area (Å²) in [5.41, 5.74) is 0.505. The number of nitrogens with zero attached hydrogens (tertiary/aromatic N) is 2. The van der Waals surface area contributed by atoms with Gasteiger partial charge in [-0.25, -0.2) is 9.18 Å². The fourth-order valence-corrected chi connectivity index (χ4v) is 2.06. The smallest absolute Gasteiger partial charge is 0.327 e. The first kappa shape index (κ1) is 15.0. The first-order valence-corrected chi connectivity index (χ1v) is 6.54. The number of rotatable bonds is 5. The molecule has 0 unspecified atom stereocenters. The van der Waals surface area contributed by atoms with Crippen LogP contribution in [0.2, 0.25) is 0 Å². The Hall–Kier alpha value is -2.44. The number of benzene rings is 1. The van der Waals surface area contributed by atoms with E-state index < -0.39 is 17.8 Å². The summed E-state index contributed by atoms with van der Waals surface area (Å²) < 4.78 is 13.4. The summed E-state index contributed by atoms with van der Waals surface area (Å²) in [7, 11) is 1.50. The summed E-state index contributed by atoms with van der Waals surface area (Å²) in [5, 5.41) is 2.57. The zero-order valence-corrected chi connectivity index (χ0v) is 11.6. The van der Waals surface area contributed by atoms with Crippen LogP contribution in [0.3, 0.4) is 0 Å². The third-order valence-corrected chi connectivity index (χ3v) is 3.21. The number of amides is 4. The Morgan fingerprint density at radius 2 is 2.05 bits per heavy atom. The molecule has 0 aromatic heterocycles. The van der Waals surface area contributed by atoms with Crippen molar-refractivity contribution in [1.82, 2.24) is 15.1 Å². The van der Waals surface area contributed by atoms with Gasteiger partial charge in [0.15, 0.2) is 0 Å². The first-order valence-electron chi connectivity index (χ1n) is 6.54. The fourth-order valence-electron chi connectivity index (χ4n) is 2.06. The van der Waals surface area contributed by atoms with Crippen LogP contribution in [-0.4, -0.2) is 54.3 Å². The first-order chi connectivity index (χ1) is 9.99. The van der Waals surface area contributed by atoms with Crippen LogP contribution in [0.5, 0.6) is 0 Å². The standard InChI is InChI=1S/C14H16FN3O3/c1-17-9-13(20)18(14(17)21)8-12(19)16-7-6-10-4-2-3-5-11(10)15/h2-5H,6-9H2,1H3,(H,16,19). The van der Waals surface area contributed by atoms with Crippen molar-refractivity contribution < 1.29 is 18.8 Å². The molecule has 1 N–H and O–H groups in total. The normalized spacial score (nSPS) is 14.8. The lowest BCUT2D eigenvalue weighted by Crippen LogP contribution is -2.41. The Kier molecular flexibility index (Phi) is 4.52. The van der Waals surface area contributed by atoms with Gasteiger partial charge in [0.25, 0.3) is 5.91 Å². The largest absolute Gasteiger partial charge is 0.354 e. The molecule has 1 fully saturated rings. The highest BCUT2D eigenvalue weighted by Gasteiger charge is 2.34. The summed E-state index contributed by atoms with van der Waals surface area (Å²) in [6.45, 7) is -0.0769. The minimum absolute atomic E-state index is 0.0126. The molecule has 0 atom stereocenters. The predicted molar refractivity (Wildman–Crippen MR) is 72.9 cm³/mol. The van der Waals surface area contributed by atoms with E-state index in [9.17, 15) is 18.8 Å². The molecule has 0 saturated carbocycles. The van der Waals surface area contributed by atoms with Crippen molar-refractivity contribution in [2.45, 2.75) is 6.42 Å². The summed E-state index contributed by atoms with van der Waals surface area (Å²) >= 11 is 0. The lowest BCUT2D eigenvalue weighted by Gasteiger charge is -2.13. The molecule has 4 amide bonds. The Labute approximate surface area is 121 Å². The van der Waals surface area contributed by atoms with E-state index in [1.807, 2.05) is 0 Å². The van der Waals surface area contributed by atoms with Gasteiger partial charge in [-0.15, -0.1) is 0 Å². The summed E-state index contributed by atoms with van der Waals surface area (Å²) in [5.74, 6) is -1.16. The van der Waals surface area contributed by atoms with Gasteiger partial charge in [0, 0.05) is 13.6 Å². The van der Waals surface area contributed by atoms with Gasteiger partial charge in [0.2, 0.25) is 5.91 Å². The number of hydrogen-bond acceptors (Lipinski definition) is 3. The average Bonchev–Trinajstić information content (AvgIpc) is 2.68. The maximum atomic E-state index is 13.4. The van der Waals surface area contributed by atoms with Gasteiger partial charge in [-0.1, -0.05) is 18.2 Å². The second kappa shape index (κ2) is 6.34. The molecule has 0 radical (unpaired) electrons. The lowest BCUT2D eigenvalue weighted by atomic mass is 10.1. The molecule has 1 aliphatic rings. The summed E-state index contributed by atoms with van der Waals surface area (Å²) in [6.07, 6.45) is 0.347. The van der Waals surface area contributed by atoms with Crippen molar-refractivity contribution in [3.8, 4) is 0 Å². The van der Waals surface area contributed by atoms with Crippen LogP contribution < -0.4 is 5.32 Å². The molecule has 1 saturated heterocycles. The van der Waals surface area contributed by atoms with Crippen LogP contribution in [-0.2, 0) is 16.0 Å². The average molecular weight is 293 g/mol. The maximum absolute atomic E-state index is 13.4. The van der Waals surface area contributed by atoms with Gasteiger partial charge in [-0.05, 0) is 18.1 Å². The van der Waals surface area contributed by atoms with Crippen molar-refractivity contribution in [3.63, 3.8) is 0 Å². The van der Waals surface area contributed by atoms with Gasteiger partial charge in [0.1, 0.15) is 18.9 Å². The molecule has 21 heavy (non-hydrogen) atoms. The molecule has 2 rings (SSSR count). The number of carbonyl (C=O) groups excluding carboxylic acids is 3. The van der Waals surface area contributed by atoms with Crippen LogP contribution in [0.15, 0.2) is 24.3 Å². The minimum Gasteiger partial charge on any atom is -0.354 e. The second-order valence-corrected chi connectivity index (χ2v) is 4.81. The maximum Gasteiger partial charge on any atom is 0.327 e. The van der Waals surface area contributed by atoms with E-state index in [1.54, 1.807) is 18.2 Å². The molecule has 112 valence electrons. The topological polar surface area (TPSA) is 69.7 Å². The zero-order chi connectivity index (χ0) is 15.4. The number of likely N-dealkylation sites (N-methyl/N-ethyl adjacent to an activating group) is 1. The number of urea groups is 1. The van der Waals surface area contributed by atoms with E-state index in [-0.39, 0.29) is 25.5 Å². The van der Waals surface area contributed by atoms with E-state index >= 15 is 0 Å². The molecule has 0 bridgehead atoms. The van der Waals surface area contributed by atoms with Crippen molar-refractivity contribution in [3.05, 3.63) is 35.6 Å². The highest BCUT2D eigenvalue weighted by molar-refractivity contribution is 6.04. The van der Waals surface area contributed by atoms with Gasteiger partial charge in [-0.2, -0.15) is 0 Å². The zero-order valence-electron chi connectivity index (χ0n) is 11.6. The number of carbonyl (C=O) groups is 3. The molecule has 1 aliphatic heterocycles. The highest BCUT2D eigenvalue weighted by Crippen LogP contribution is 2.08. The predicted octanol–water partition coefficient (Wildman–Crippen LogP) is 0.378. The Morgan fingerprint density at radius 3 is 2.67 bits per heavy atom. The lowest BCUT2D eigenvalue weighted by molar-refractivity contribution is -0.130. The molecular formula is C14H16FN3O3. The van der Waals surface area contributed by atoms with Crippen LogP contribution >= 0.6 is 0 Å². The number of imide groups is 1. The van der Waals surface area contributed by atoms with Gasteiger partial charge < -0.3 is 10.2 Å². The van der Waals surface area contributed by atoms with E-state index in [1.165, 1.54) is 18.0 Å². The molecule has 1 aromatic carbocycles. The molecule has 1 heterocycles. The van der Waals surface area contributed by atoms with Gasteiger partial charge in [-0.3, -0.25) is 14.5 Å². The molecular weight excluding hydrogens is 277 g/mol. The van der Waals surface area contributed by atoms with Crippen molar-refractivity contribution >= 4 is 17.8 Å². The van der Waals surface area contributed by atoms with E-state index in [4.69, 9.17) is 0 Å². The SMILES string of the molecule is CN1CC(=O)N(CC(=O)NCCc2ccccc2F)C1=O. The molecule has 0 spiro atoms. The Morgan fingerprint density at radius 1 is 1.33 bits per heavy atom. The Balaban J connectivity index is 1.79. The monoisotopic (exact) mass is 293 g/mol. The number of halogens is 1.